The van der Waals surface area contributed by atoms with Gasteiger partial charge in [-0.25, -0.2) is 4.79 Å². The van der Waals surface area contributed by atoms with Crippen LogP contribution < -0.4 is 4.90 Å². The van der Waals surface area contributed by atoms with Crippen LogP contribution in [0.25, 0.3) is 0 Å². The van der Waals surface area contributed by atoms with Gasteiger partial charge in [0.15, 0.2) is 0 Å². The third kappa shape index (κ3) is 6.86. The van der Waals surface area contributed by atoms with Crippen molar-refractivity contribution >= 4 is 34.8 Å². The molecule has 1 atom stereocenters. The van der Waals surface area contributed by atoms with Gasteiger partial charge < -0.3 is 14.7 Å². The van der Waals surface area contributed by atoms with E-state index in [0.717, 1.165) is 43.4 Å². The normalized spacial score (nSPS) is 21.6. The van der Waals surface area contributed by atoms with Crippen LogP contribution in [0.15, 0.2) is 6.07 Å². The van der Waals surface area contributed by atoms with E-state index in [0.29, 0.717) is 49.2 Å². The molecule has 192 valence electrons. The minimum absolute atomic E-state index is 0.0565. The van der Waals surface area contributed by atoms with E-state index in [1.54, 1.807) is 11.0 Å². The molecule has 7 nitrogen and oxygen atoms in total. The first-order valence-corrected chi connectivity index (χ1v) is 13.6. The van der Waals surface area contributed by atoms with Gasteiger partial charge in [-0.05, 0) is 50.5 Å². The van der Waals surface area contributed by atoms with Crippen molar-refractivity contribution in [3.63, 3.8) is 0 Å². The minimum Gasteiger partial charge on any atom is -0.477 e. The number of carboxylic acids is 1. The van der Waals surface area contributed by atoms with Gasteiger partial charge in [-0.2, -0.15) is 0 Å². The number of hydrogen-bond donors (Lipinski definition) is 1. The minimum atomic E-state index is -1.11. The number of ether oxygens (including phenoxy) is 1. The SMILES string of the molecule is CC[C@H](C(=O)N1CCCOCC1)N(C(=O)C1CCC(C)CC1)c1cc(C#CC(C)C)sc1C(=O)O. The van der Waals surface area contributed by atoms with Crippen molar-refractivity contribution in [2.24, 2.45) is 17.8 Å². The number of hydrogen-bond acceptors (Lipinski definition) is 5. The number of carboxylic acid groups (broad SMARTS) is 1. The molecule has 2 fully saturated rings. The zero-order valence-corrected chi connectivity index (χ0v) is 22.2. The summed E-state index contributed by atoms with van der Waals surface area (Å²) in [6.07, 6.45) is 4.56. The van der Waals surface area contributed by atoms with Crippen LogP contribution in [0.5, 0.6) is 0 Å². The molecule has 0 radical (unpaired) electrons. The molecular weight excluding hydrogens is 464 g/mol. The van der Waals surface area contributed by atoms with Crippen molar-refractivity contribution in [3.8, 4) is 11.8 Å². The predicted molar refractivity (Wildman–Crippen MR) is 138 cm³/mol. The Labute approximate surface area is 212 Å². The Hall–Kier alpha value is -2.37. The van der Waals surface area contributed by atoms with E-state index in [9.17, 15) is 19.5 Å². The van der Waals surface area contributed by atoms with Gasteiger partial charge in [0.2, 0.25) is 11.8 Å². The monoisotopic (exact) mass is 502 g/mol. The van der Waals surface area contributed by atoms with Crippen LogP contribution in [0.4, 0.5) is 5.69 Å². The van der Waals surface area contributed by atoms with Crippen molar-refractivity contribution in [1.29, 1.82) is 0 Å². The highest BCUT2D eigenvalue weighted by Gasteiger charge is 2.39. The van der Waals surface area contributed by atoms with Gasteiger partial charge in [-0.1, -0.05) is 39.5 Å². The maximum atomic E-state index is 14.0. The number of rotatable bonds is 6. The van der Waals surface area contributed by atoms with Crippen LogP contribution >= 0.6 is 11.3 Å². The molecule has 35 heavy (non-hydrogen) atoms. The van der Waals surface area contributed by atoms with Gasteiger partial charge >= 0.3 is 5.97 Å². The largest absolute Gasteiger partial charge is 0.477 e. The maximum absolute atomic E-state index is 14.0. The lowest BCUT2D eigenvalue weighted by Crippen LogP contribution is -2.53. The molecule has 2 aliphatic rings. The molecule has 0 spiro atoms. The zero-order chi connectivity index (χ0) is 25.5. The number of amides is 2. The number of nitrogens with zero attached hydrogens (tertiary/aromatic N) is 2. The van der Waals surface area contributed by atoms with Crippen molar-refractivity contribution in [2.45, 2.75) is 72.3 Å². The van der Waals surface area contributed by atoms with Crippen molar-refractivity contribution < 1.29 is 24.2 Å². The molecule has 1 aliphatic heterocycles. The van der Waals surface area contributed by atoms with Gasteiger partial charge in [0, 0.05) is 31.5 Å². The highest BCUT2D eigenvalue weighted by atomic mass is 32.1. The Morgan fingerprint density at radius 1 is 1.20 bits per heavy atom. The van der Waals surface area contributed by atoms with E-state index in [4.69, 9.17) is 4.74 Å². The molecule has 8 heteroatoms. The first-order chi connectivity index (χ1) is 16.7. The third-order valence-electron chi connectivity index (χ3n) is 6.77. The lowest BCUT2D eigenvalue weighted by Gasteiger charge is -2.37. The van der Waals surface area contributed by atoms with Gasteiger partial charge in [0.1, 0.15) is 10.9 Å². The van der Waals surface area contributed by atoms with Crippen LogP contribution in [0.2, 0.25) is 0 Å². The standard InChI is InChI=1S/C27H38N2O5S/c1-5-22(26(31)28-13-6-15-34-16-14-28)29(25(30)20-10-8-19(4)9-11-20)23-17-21(12-7-18(2)3)35-24(23)27(32)33/h17-20,22H,5-6,8-11,13-16H2,1-4H3,(H,32,33)/t19?,20?,22-/m1/s1. The molecular formula is C27H38N2O5S. The molecule has 0 aromatic carbocycles. The Kier molecular flexibility index (Phi) is 9.76. The molecule has 1 saturated heterocycles. The van der Waals surface area contributed by atoms with Crippen molar-refractivity contribution in [2.75, 3.05) is 31.2 Å². The Balaban J connectivity index is 2.05. The molecule has 2 heterocycles. The lowest BCUT2D eigenvalue weighted by molar-refractivity contribution is -0.135. The van der Waals surface area contributed by atoms with Crippen LogP contribution in [0.1, 0.15) is 80.8 Å². The summed E-state index contributed by atoms with van der Waals surface area (Å²) >= 11 is 1.07. The van der Waals surface area contributed by atoms with Gasteiger partial charge in [-0.3, -0.25) is 14.5 Å². The molecule has 1 N–H and O–H groups in total. The summed E-state index contributed by atoms with van der Waals surface area (Å²) in [6.45, 7) is 10.1. The molecule has 0 bridgehead atoms. The Bertz CT molecular complexity index is 960. The van der Waals surface area contributed by atoms with E-state index in [1.165, 1.54) is 4.90 Å². The van der Waals surface area contributed by atoms with Crippen LogP contribution in [-0.2, 0) is 14.3 Å². The van der Waals surface area contributed by atoms with E-state index in [2.05, 4.69) is 18.8 Å². The average Bonchev–Trinajstić information content (AvgIpc) is 3.06. The van der Waals surface area contributed by atoms with E-state index >= 15 is 0 Å². The van der Waals surface area contributed by atoms with Crippen molar-refractivity contribution in [1.82, 2.24) is 4.90 Å². The number of thiophene rings is 1. The highest BCUT2D eigenvalue weighted by molar-refractivity contribution is 7.15. The summed E-state index contributed by atoms with van der Waals surface area (Å²) in [5.41, 5.74) is 0.297. The molecule has 3 rings (SSSR count). The van der Waals surface area contributed by atoms with Gasteiger partial charge in [0.25, 0.3) is 0 Å². The van der Waals surface area contributed by atoms with Crippen LogP contribution in [0, 0.1) is 29.6 Å². The molecule has 0 unspecified atom stereocenters. The van der Waals surface area contributed by atoms with Crippen LogP contribution in [0.3, 0.4) is 0 Å². The lowest BCUT2D eigenvalue weighted by atomic mass is 9.82. The first kappa shape index (κ1) is 27.2. The number of anilines is 1. The Morgan fingerprint density at radius 3 is 2.54 bits per heavy atom. The average molecular weight is 503 g/mol. The molecule has 1 saturated carbocycles. The fourth-order valence-corrected chi connectivity index (χ4v) is 5.63. The third-order valence-corrected chi connectivity index (χ3v) is 7.80. The summed E-state index contributed by atoms with van der Waals surface area (Å²) in [4.78, 5) is 43.9. The Morgan fingerprint density at radius 2 is 1.91 bits per heavy atom. The molecule has 1 aromatic rings. The highest BCUT2D eigenvalue weighted by Crippen LogP contribution is 2.37. The molecule has 2 amide bonds. The van der Waals surface area contributed by atoms with Gasteiger partial charge in [0.05, 0.1) is 17.2 Å². The number of carbonyl (C=O) groups is 3. The van der Waals surface area contributed by atoms with E-state index in [-0.39, 0.29) is 28.5 Å². The van der Waals surface area contributed by atoms with E-state index in [1.807, 2.05) is 20.8 Å². The smallest absolute Gasteiger partial charge is 0.348 e. The fourth-order valence-electron chi connectivity index (χ4n) is 4.78. The second-order valence-corrected chi connectivity index (χ2v) is 11.0. The maximum Gasteiger partial charge on any atom is 0.348 e. The summed E-state index contributed by atoms with van der Waals surface area (Å²) in [6, 6.07) is 0.924. The number of aromatic carboxylic acids is 1. The summed E-state index contributed by atoms with van der Waals surface area (Å²) in [7, 11) is 0. The summed E-state index contributed by atoms with van der Waals surface area (Å²) in [5.74, 6) is 5.22. The quantitative estimate of drug-likeness (QED) is 0.573. The number of carbonyl (C=O) groups excluding carboxylic acids is 2. The predicted octanol–water partition coefficient (Wildman–Crippen LogP) is 4.64. The second kappa shape index (κ2) is 12.5. The fraction of sp³-hybridized carbons (Fsp3) is 0.667. The first-order valence-electron chi connectivity index (χ1n) is 12.8. The molecule has 1 aromatic heterocycles. The van der Waals surface area contributed by atoms with E-state index < -0.39 is 12.0 Å². The van der Waals surface area contributed by atoms with Crippen LogP contribution in [-0.4, -0.2) is 60.1 Å². The zero-order valence-electron chi connectivity index (χ0n) is 21.3. The van der Waals surface area contributed by atoms with Gasteiger partial charge in [-0.15, -0.1) is 11.3 Å². The summed E-state index contributed by atoms with van der Waals surface area (Å²) < 4.78 is 5.52. The topological polar surface area (TPSA) is 87.2 Å². The second-order valence-electron chi connectivity index (χ2n) is 9.93. The van der Waals surface area contributed by atoms with Crippen molar-refractivity contribution in [3.05, 3.63) is 15.8 Å². The summed E-state index contributed by atoms with van der Waals surface area (Å²) in [5, 5.41) is 10.0. The molecule has 1 aliphatic carbocycles.